The molecule has 1 atom stereocenters. The summed E-state index contributed by atoms with van der Waals surface area (Å²) in [5.41, 5.74) is 2.43. The lowest BCUT2D eigenvalue weighted by molar-refractivity contribution is -0.119. The zero-order chi connectivity index (χ0) is 16.1. The fourth-order valence-corrected chi connectivity index (χ4v) is 4.01. The number of para-hydroxylation sites is 1. The van der Waals surface area contributed by atoms with Gasteiger partial charge in [-0.05, 0) is 24.1 Å². The number of nitrogens with zero attached hydrogens (tertiary/aromatic N) is 1. The normalized spacial score (nSPS) is 16.7. The Balaban J connectivity index is 1.54. The van der Waals surface area contributed by atoms with Crippen molar-refractivity contribution in [3.8, 4) is 0 Å². The van der Waals surface area contributed by atoms with Crippen LogP contribution in [0.25, 0.3) is 0 Å². The van der Waals surface area contributed by atoms with E-state index in [4.69, 9.17) is 0 Å². The van der Waals surface area contributed by atoms with Gasteiger partial charge in [0.1, 0.15) is 0 Å². The molecule has 2 aromatic rings. The molecule has 3 rings (SSSR count). The molecule has 0 bridgehead atoms. The smallest absolute Gasteiger partial charge is 0.239 e. The first-order chi connectivity index (χ1) is 11.2. The Kier molecular flexibility index (Phi) is 5.23. The largest absolute Gasteiger partial charge is 0.360 e. The van der Waals surface area contributed by atoms with Crippen molar-refractivity contribution < 1.29 is 4.79 Å². The van der Waals surface area contributed by atoms with Crippen LogP contribution in [-0.4, -0.2) is 30.8 Å². The van der Waals surface area contributed by atoms with Crippen LogP contribution in [0.5, 0.6) is 0 Å². The van der Waals surface area contributed by atoms with Gasteiger partial charge in [0.2, 0.25) is 5.91 Å². The van der Waals surface area contributed by atoms with Crippen LogP contribution < -0.4 is 10.2 Å². The van der Waals surface area contributed by atoms with E-state index < -0.39 is 0 Å². The molecule has 1 heterocycles. The van der Waals surface area contributed by atoms with Crippen molar-refractivity contribution in [2.24, 2.45) is 0 Å². The molecule has 0 radical (unpaired) electrons. The Bertz CT molecular complexity index is 659. The number of thioether (sulfide) groups is 1. The van der Waals surface area contributed by atoms with Crippen molar-refractivity contribution in [3.05, 3.63) is 60.2 Å². The van der Waals surface area contributed by atoms with Gasteiger partial charge in [0.15, 0.2) is 0 Å². The summed E-state index contributed by atoms with van der Waals surface area (Å²) in [7, 11) is 0. The van der Waals surface area contributed by atoms with Crippen LogP contribution in [0.4, 0.5) is 5.69 Å². The lowest BCUT2D eigenvalue weighted by Gasteiger charge is -2.33. The molecule has 1 amide bonds. The number of fused-ring (bicyclic) bond motifs is 1. The number of hydrogen-bond donors (Lipinski definition) is 1. The lowest BCUT2D eigenvalue weighted by Crippen LogP contribution is -2.42. The van der Waals surface area contributed by atoms with Gasteiger partial charge in [-0.1, -0.05) is 49.4 Å². The molecule has 23 heavy (non-hydrogen) atoms. The maximum absolute atomic E-state index is 12.3. The first kappa shape index (κ1) is 15.9. The summed E-state index contributed by atoms with van der Waals surface area (Å²) in [6, 6.07) is 18.6. The van der Waals surface area contributed by atoms with Crippen molar-refractivity contribution >= 4 is 23.4 Å². The molecule has 1 aliphatic heterocycles. The molecule has 0 spiro atoms. The molecular formula is C19H22N2OS. The SMILES string of the molecule is C[C@@H]1CN(CC(=O)NCCc2ccccc2)c2ccccc2S1. The van der Waals surface area contributed by atoms with Crippen LogP contribution in [-0.2, 0) is 11.2 Å². The van der Waals surface area contributed by atoms with E-state index in [0.29, 0.717) is 18.3 Å². The number of amides is 1. The third-order valence-electron chi connectivity index (χ3n) is 3.92. The second-order valence-corrected chi connectivity index (χ2v) is 7.34. The Hall–Kier alpha value is -1.94. The van der Waals surface area contributed by atoms with Gasteiger partial charge in [0.25, 0.3) is 0 Å². The number of carbonyl (C=O) groups excluding carboxylic acids is 1. The molecular weight excluding hydrogens is 304 g/mol. The van der Waals surface area contributed by atoms with Crippen molar-refractivity contribution in [3.63, 3.8) is 0 Å². The quantitative estimate of drug-likeness (QED) is 0.914. The predicted molar refractivity (Wildman–Crippen MR) is 97.1 cm³/mol. The molecule has 2 aromatic carbocycles. The van der Waals surface area contributed by atoms with Crippen LogP contribution in [0.3, 0.4) is 0 Å². The van der Waals surface area contributed by atoms with E-state index in [0.717, 1.165) is 13.0 Å². The van der Waals surface area contributed by atoms with E-state index in [1.165, 1.54) is 16.1 Å². The first-order valence-corrected chi connectivity index (χ1v) is 8.91. The maximum Gasteiger partial charge on any atom is 0.239 e. The second-order valence-electron chi connectivity index (χ2n) is 5.86. The zero-order valence-corrected chi connectivity index (χ0v) is 14.2. The second kappa shape index (κ2) is 7.55. The third-order valence-corrected chi connectivity index (χ3v) is 5.08. The van der Waals surface area contributed by atoms with E-state index in [2.05, 4.69) is 47.5 Å². The predicted octanol–water partition coefficient (Wildman–Crippen LogP) is 3.35. The van der Waals surface area contributed by atoms with Gasteiger partial charge in [0, 0.05) is 23.2 Å². The number of anilines is 1. The van der Waals surface area contributed by atoms with Crippen LogP contribution >= 0.6 is 11.8 Å². The third kappa shape index (κ3) is 4.29. The Morgan fingerprint density at radius 3 is 2.74 bits per heavy atom. The standard InChI is InChI=1S/C19H22N2OS/c1-15-13-21(17-9-5-6-10-18(17)23-15)14-19(22)20-12-11-16-7-3-2-4-8-16/h2-10,15H,11-14H2,1H3,(H,20,22)/t15-/m1/s1. The molecule has 0 saturated heterocycles. The summed E-state index contributed by atoms with van der Waals surface area (Å²) in [5, 5.41) is 3.54. The minimum atomic E-state index is 0.0924. The van der Waals surface area contributed by atoms with Crippen molar-refractivity contribution in [1.82, 2.24) is 5.32 Å². The van der Waals surface area contributed by atoms with E-state index >= 15 is 0 Å². The zero-order valence-electron chi connectivity index (χ0n) is 13.4. The molecule has 0 aromatic heterocycles. The molecule has 0 fully saturated rings. The summed E-state index contributed by atoms with van der Waals surface area (Å²) in [4.78, 5) is 15.7. The average Bonchev–Trinajstić information content (AvgIpc) is 2.55. The highest BCUT2D eigenvalue weighted by Gasteiger charge is 2.23. The molecule has 1 N–H and O–H groups in total. The van der Waals surface area contributed by atoms with Crippen molar-refractivity contribution in [1.29, 1.82) is 0 Å². The van der Waals surface area contributed by atoms with Crippen molar-refractivity contribution in [2.75, 3.05) is 24.5 Å². The van der Waals surface area contributed by atoms with Gasteiger partial charge in [0.05, 0.1) is 12.2 Å². The number of benzene rings is 2. The van der Waals surface area contributed by atoms with E-state index in [-0.39, 0.29) is 5.91 Å². The summed E-state index contributed by atoms with van der Waals surface area (Å²) >= 11 is 1.88. The first-order valence-electron chi connectivity index (χ1n) is 8.03. The summed E-state index contributed by atoms with van der Waals surface area (Å²) < 4.78 is 0. The van der Waals surface area contributed by atoms with Crippen LogP contribution in [0.2, 0.25) is 0 Å². The highest BCUT2D eigenvalue weighted by Crippen LogP contribution is 2.37. The Labute approximate surface area is 142 Å². The van der Waals surface area contributed by atoms with E-state index in [1.807, 2.05) is 36.0 Å². The minimum Gasteiger partial charge on any atom is -0.360 e. The van der Waals surface area contributed by atoms with Crippen molar-refractivity contribution in [2.45, 2.75) is 23.5 Å². The number of carbonyl (C=O) groups is 1. The van der Waals surface area contributed by atoms with Gasteiger partial charge in [-0.3, -0.25) is 4.79 Å². The monoisotopic (exact) mass is 326 g/mol. The number of hydrogen-bond acceptors (Lipinski definition) is 3. The van der Waals surface area contributed by atoms with Crippen LogP contribution in [0, 0.1) is 0 Å². The number of rotatable bonds is 5. The fraction of sp³-hybridized carbons (Fsp3) is 0.316. The van der Waals surface area contributed by atoms with Gasteiger partial charge in [-0.2, -0.15) is 0 Å². The lowest BCUT2D eigenvalue weighted by atomic mass is 10.1. The van der Waals surface area contributed by atoms with Crippen LogP contribution in [0.15, 0.2) is 59.5 Å². The summed E-state index contributed by atoms with van der Waals surface area (Å²) in [6.07, 6.45) is 0.870. The highest BCUT2D eigenvalue weighted by molar-refractivity contribution is 8.00. The molecule has 0 unspecified atom stereocenters. The van der Waals surface area contributed by atoms with Gasteiger partial charge >= 0.3 is 0 Å². The van der Waals surface area contributed by atoms with Gasteiger partial charge < -0.3 is 10.2 Å². The summed E-state index contributed by atoms with van der Waals surface area (Å²) in [6.45, 7) is 4.23. The summed E-state index contributed by atoms with van der Waals surface area (Å²) in [5.74, 6) is 0.0924. The average molecular weight is 326 g/mol. The molecule has 0 aliphatic carbocycles. The molecule has 120 valence electrons. The Morgan fingerprint density at radius 2 is 1.91 bits per heavy atom. The molecule has 0 saturated carbocycles. The Morgan fingerprint density at radius 1 is 1.17 bits per heavy atom. The molecule has 1 aliphatic rings. The minimum absolute atomic E-state index is 0.0924. The maximum atomic E-state index is 12.3. The van der Waals surface area contributed by atoms with Crippen LogP contribution in [0.1, 0.15) is 12.5 Å². The van der Waals surface area contributed by atoms with Gasteiger partial charge in [-0.25, -0.2) is 0 Å². The van der Waals surface area contributed by atoms with E-state index in [1.54, 1.807) is 0 Å². The fourth-order valence-electron chi connectivity index (χ4n) is 2.85. The topological polar surface area (TPSA) is 32.3 Å². The van der Waals surface area contributed by atoms with Gasteiger partial charge in [-0.15, -0.1) is 11.8 Å². The van der Waals surface area contributed by atoms with E-state index in [9.17, 15) is 4.79 Å². The number of nitrogens with one attached hydrogen (secondary N) is 1. The molecule has 3 nitrogen and oxygen atoms in total. The highest BCUT2D eigenvalue weighted by atomic mass is 32.2. The molecule has 4 heteroatoms.